The molecule has 0 aromatic heterocycles. The van der Waals surface area contributed by atoms with Crippen LogP contribution < -0.4 is 5.32 Å². The first-order valence-corrected chi connectivity index (χ1v) is 6.55. The van der Waals surface area contributed by atoms with Crippen LogP contribution in [0, 0.1) is 5.92 Å². The number of nitrogens with one attached hydrogen (secondary N) is 1. The van der Waals surface area contributed by atoms with E-state index in [1.165, 1.54) is 23.9 Å². The highest BCUT2D eigenvalue weighted by atomic mass is 32.2. The molecule has 1 heterocycles. The van der Waals surface area contributed by atoms with Crippen LogP contribution in [0.25, 0.3) is 0 Å². The summed E-state index contributed by atoms with van der Waals surface area (Å²) in [6, 6.07) is 5.55. The van der Waals surface area contributed by atoms with E-state index in [0.717, 1.165) is 31.3 Å². The summed E-state index contributed by atoms with van der Waals surface area (Å²) in [6.45, 7) is 2.00. The highest BCUT2D eigenvalue weighted by Crippen LogP contribution is 2.32. The number of hydrogen-bond donors (Lipinski definition) is 1. The molecule has 0 aliphatic carbocycles. The second kappa shape index (κ2) is 5.31. The molecule has 1 nitrogen and oxygen atoms in total. The van der Waals surface area contributed by atoms with E-state index in [-0.39, 0.29) is 0 Å². The highest BCUT2D eigenvalue weighted by Gasteiger charge is 2.30. The van der Waals surface area contributed by atoms with Gasteiger partial charge in [0, 0.05) is 10.6 Å². The Hall–Kier alpha value is -0.680. The Bertz CT molecular complexity index is 372. The predicted octanol–water partition coefficient (Wildman–Crippen LogP) is 3.41. The quantitative estimate of drug-likeness (QED) is 0.837. The molecule has 0 bridgehead atoms. The first-order chi connectivity index (χ1) is 8.05. The number of rotatable bonds is 3. The summed E-state index contributed by atoms with van der Waals surface area (Å²) in [5.41, 5.74) is -0.563. The Kier molecular flexibility index (Phi) is 3.99. The summed E-state index contributed by atoms with van der Waals surface area (Å²) in [5, 5.41) is 3.25. The number of alkyl halides is 3. The van der Waals surface area contributed by atoms with Gasteiger partial charge in [0.05, 0.1) is 5.56 Å². The van der Waals surface area contributed by atoms with Crippen LogP contribution in [0.2, 0.25) is 0 Å². The molecule has 1 fully saturated rings. The van der Waals surface area contributed by atoms with Crippen molar-refractivity contribution in [3.63, 3.8) is 0 Å². The van der Waals surface area contributed by atoms with Crippen molar-refractivity contribution in [2.45, 2.75) is 17.5 Å². The lowest BCUT2D eigenvalue weighted by Crippen LogP contribution is -2.10. The van der Waals surface area contributed by atoms with E-state index in [1.807, 2.05) is 0 Å². The molecule has 5 heteroatoms. The Morgan fingerprint density at radius 1 is 1.35 bits per heavy atom. The lowest BCUT2D eigenvalue weighted by molar-refractivity contribution is -0.137. The van der Waals surface area contributed by atoms with E-state index in [4.69, 9.17) is 0 Å². The molecular formula is C12H14F3NS. The van der Waals surface area contributed by atoms with E-state index < -0.39 is 11.7 Å². The third-order valence-corrected chi connectivity index (χ3v) is 4.03. The molecule has 1 atom stereocenters. The smallest absolute Gasteiger partial charge is 0.316 e. The summed E-state index contributed by atoms with van der Waals surface area (Å²) >= 11 is 1.51. The van der Waals surface area contributed by atoms with Gasteiger partial charge >= 0.3 is 6.18 Å². The average Bonchev–Trinajstić information content (AvgIpc) is 2.78. The number of hydrogen-bond acceptors (Lipinski definition) is 2. The largest absolute Gasteiger partial charge is 0.416 e. The van der Waals surface area contributed by atoms with Gasteiger partial charge in [-0.1, -0.05) is 6.07 Å². The molecule has 1 unspecified atom stereocenters. The Morgan fingerprint density at radius 3 is 2.82 bits per heavy atom. The van der Waals surface area contributed by atoms with E-state index in [9.17, 15) is 13.2 Å². The minimum atomic E-state index is -4.24. The minimum Gasteiger partial charge on any atom is -0.316 e. The Balaban J connectivity index is 1.96. The average molecular weight is 261 g/mol. The molecule has 0 radical (unpaired) electrons. The topological polar surface area (TPSA) is 12.0 Å². The van der Waals surface area contributed by atoms with Crippen LogP contribution >= 0.6 is 11.8 Å². The molecule has 1 aromatic carbocycles. The van der Waals surface area contributed by atoms with Crippen LogP contribution in [-0.2, 0) is 6.18 Å². The summed E-state index contributed by atoms with van der Waals surface area (Å²) in [6.07, 6.45) is -3.13. The zero-order valence-electron chi connectivity index (χ0n) is 9.26. The van der Waals surface area contributed by atoms with Crippen molar-refractivity contribution in [3.8, 4) is 0 Å². The first-order valence-electron chi connectivity index (χ1n) is 5.56. The number of thioether (sulfide) groups is 1. The van der Waals surface area contributed by atoms with Gasteiger partial charge in [-0.2, -0.15) is 13.2 Å². The summed E-state index contributed by atoms with van der Waals surface area (Å²) in [4.78, 5) is 0.701. The fraction of sp³-hybridized carbons (Fsp3) is 0.500. The molecule has 0 saturated carbocycles. The van der Waals surface area contributed by atoms with Gasteiger partial charge in [-0.3, -0.25) is 0 Å². The number of benzene rings is 1. The van der Waals surface area contributed by atoms with E-state index in [1.54, 1.807) is 6.07 Å². The summed E-state index contributed by atoms with van der Waals surface area (Å²) in [7, 11) is 0. The van der Waals surface area contributed by atoms with E-state index in [0.29, 0.717) is 10.8 Å². The van der Waals surface area contributed by atoms with E-state index >= 15 is 0 Å². The van der Waals surface area contributed by atoms with Crippen molar-refractivity contribution in [3.05, 3.63) is 29.8 Å². The van der Waals surface area contributed by atoms with Crippen LogP contribution in [0.5, 0.6) is 0 Å². The van der Waals surface area contributed by atoms with Crippen molar-refractivity contribution in [1.29, 1.82) is 0 Å². The van der Waals surface area contributed by atoms with Crippen molar-refractivity contribution < 1.29 is 13.2 Å². The van der Waals surface area contributed by atoms with E-state index in [2.05, 4.69) is 5.32 Å². The van der Waals surface area contributed by atoms with Crippen molar-refractivity contribution in [2.24, 2.45) is 5.92 Å². The van der Waals surface area contributed by atoms with Crippen molar-refractivity contribution >= 4 is 11.8 Å². The maximum Gasteiger partial charge on any atom is 0.416 e. The fourth-order valence-corrected chi connectivity index (χ4v) is 2.93. The SMILES string of the molecule is FC(F)(F)c1cccc(SCC2CCNC2)c1. The van der Waals surface area contributed by atoms with Crippen molar-refractivity contribution in [2.75, 3.05) is 18.8 Å². The van der Waals surface area contributed by atoms with Crippen LogP contribution in [0.3, 0.4) is 0 Å². The lowest BCUT2D eigenvalue weighted by atomic mass is 10.2. The standard InChI is InChI=1S/C12H14F3NS/c13-12(14,15)10-2-1-3-11(6-10)17-8-9-4-5-16-7-9/h1-3,6,9,16H,4-5,7-8H2. The molecule has 17 heavy (non-hydrogen) atoms. The Labute approximate surface area is 103 Å². The summed E-state index contributed by atoms with van der Waals surface area (Å²) in [5.74, 6) is 1.46. The van der Waals surface area contributed by atoms with Gasteiger partial charge in [0.15, 0.2) is 0 Å². The zero-order chi connectivity index (χ0) is 12.3. The molecule has 1 aliphatic heterocycles. The highest BCUT2D eigenvalue weighted by molar-refractivity contribution is 7.99. The molecule has 1 aliphatic rings. The zero-order valence-corrected chi connectivity index (χ0v) is 10.1. The molecule has 1 N–H and O–H groups in total. The molecular weight excluding hydrogens is 247 g/mol. The normalized spacial score (nSPS) is 20.8. The van der Waals surface area contributed by atoms with Crippen LogP contribution in [0.4, 0.5) is 13.2 Å². The van der Waals surface area contributed by atoms with Gasteiger partial charge in [-0.25, -0.2) is 0 Å². The maximum absolute atomic E-state index is 12.5. The third-order valence-electron chi connectivity index (χ3n) is 2.81. The van der Waals surface area contributed by atoms with Crippen LogP contribution in [0.1, 0.15) is 12.0 Å². The van der Waals surface area contributed by atoms with Crippen molar-refractivity contribution in [1.82, 2.24) is 5.32 Å². The van der Waals surface area contributed by atoms with Gasteiger partial charge < -0.3 is 5.32 Å². The van der Waals surface area contributed by atoms with Gasteiger partial charge in [0.25, 0.3) is 0 Å². The first kappa shape index (κ1) is 12.8. The lowest BCUT2D eigenvalue weighted by Gasteiger charge is -2.10. The third kappa shape index (κ3) is 3.64. The van der Waals surface area contributed by atoms with Gasteiger partial charge in [0.2, 0.25) is 0 Å². The summed E-state index contributed by atoms with van der Waals surface area (Å²) < 4.78 is 37.5. The molecule has 1 saturated heterocycles. The predicted molar refractivity (Wildman–Crippen MR) is 63.1 cm³/mol. The van der Waals surface area contributed by atoms with Crippen LogP contribution in [0.15, 0.2) is 29.2 Å². The second-order valence-corrected chi connectivity index (χ2v) is 5.29. The Morgan fingerprint density at radius 2 is 2.18 bits per heavy atom. The minimum absolute atomic E-state index is 0.563. The molecule has 0 amide bonds. The molecule has 94 valence electrons. The molecule has 2 rings (SSSR count). The maximum atomic E-state index is 12.5. The number of halogens is 3. The fourth-order valence-electron chi connectivity index (χ4n) is 1.83. The molecule has 0 spiro atoms. The van der Waals surface area contributed by atoms with Crippen LogP contribution in [-0.4, -0.2) is 18.8 Å². The van der Waals surface area contributed by atoms with Gasteiger partial charge in [-0.15, -0.1) is 11.8 Å². The van der Waals surface area contributed by atoms with Gasteiger partial charge in [0.1, 0.15) is 0 Å². The van der Waals surface area contributed by atoms with Gasteiger partial charge in [-0.05, 0) is 43.6 Å². The monoisotopic (exact) mass is 261 g/mol. The second-order valence-electron chi connectivity index (χ2n) is 4.20. The molecule has 1 aromatic rings.